The second kappa shape index (κ2) is 7.09. The molecule has 2 aromatic heterocycles. The molecule has 0 amide bonds. The average molecular weight is 369 g/mol. The zero-order valence-electron chi connectivity index (χ0n) is 13.4. The predicted octanol–water partition coefficient (Wildman–Crippen LogP) is 4.23. The number of hydrogen-bond donors (Lipinski definition) is 1. The first kappa shape index (κ1) is 16.5. The lowest BCUT2D eigenvalue weighted by Crippen LogP contribution is -1.96. The van der Waals surface area contributed by atoms with Crippen LogP contribution in [0.5, 0.6) is 0 Å². The van der Waals surface area contributed by atoms with Crippen molar-refractivity contribution in [3.05, 3.63) is 78.1 Å². The van der Waals surface area contributed by atoms with Crippen molar-refractivity contribution < 1.29 is 8.78 Å². The van der Waals surface area contributed by atoms with Gasteiger partial charge in [0.15, 0.2) is 5.82 Å². The molecule has 0 aliphatic rings. The number of nitrogens with zero attached hydrogens (tertiary/aromatic N) is 4. The number of rotatable bonds is 5. The smallest absolute Gasteiger partial charge is 0.209 e. The van der Waals surface area contributed by atoms with Crippen LogP contribution in [0, 0.1) is 11.6 Å². The summed E-state index contributed by atoms with van der Waals surface area (Å²) in [5.41, 5.74) is 1.83. The third kappa shape index (κ3) is 3.50. The van der Waals surface area contributed by atoms with Gasteiger partial charge < -0.3 is 0 Å². The summed E-state index contributed by atoms with van der Waals surface area (Å²) in [6.07, 6.45) is 1.77. The summed E-state index contributed by atoms with van der Waals surface area (Å²) in [7, 11) is 0. The Hall–Kier alpha value is -3.00. The minimum atomic E-state index is -0.353. The summed E-state index contributed by atoms with van der Waals surface area (Å²) >= 11 is 1.38. The molecule has 0 atom stereocenters. The number of nitrogens with one attached hydrogen (secondary N) is 1. The molecule has 0 unspecified atom stereocenters. The van der Waals surface area contributed by atoms with Crippen LogP contribution in [0.1, 0.15) is 5.69 Å². The van der Waals surface area contributed by atoms with Crippen molar-refractivity contribution in [1.29, 1.82) is 0 Å². The molecule has 4 rings (SSSR count). The fourth-order valence-electron chi connectivity index (χ4n) is 2.42. The molecule has 0 saturated heterocycles. The van der Waals surface area contributed by atoms with Gasteiger partial charge in [-0.05, 0) is 36.4 Å². The lowest BCUT2D eigenvalue weighted by molar-refractivity contribution is 0.625. The molecular formula is C18H13F2N5S. The van der Waals surface area contributed by atoms with Crippen molar-refractivity contribution in [3.63, 3.8) is 0 Å². The Morgan fingerprint density at radius 1 is 1.04 bits per heavy atom. The van der Waals surface area contributed by atoms with Crippen LogP contribution < -0.4 is 0 Å². The van der Waals surface area contributed by atoms with E-state index in [0.717, 1.165) is 5.69 Å². The fraction of sp³-hybridized carbons (Fsp3) is 0.0556. The van der Waals surface area contributed by atoms with Gasteiger partial charge in [0.25, 0.3) is 0 Å². The Morgan fingerprint density at radius 3 is 2.77 bits per heavy atom. The van der Waals surface area contributed by atoms with Crippen LogP contribution >= 0.6 is 11.8 Å². The zero-order chi connectivity index (χ0) is 17.9. The number of thioether (sulfide) groups is 1. The quantitative estimate of drug-likeness (QED) is 0.535. The van der Waals surface area contributed by atoms with E-state index in [0.29, 0.717) is 28.0 Å². The van der Waals surface area contributed by atoms with E-state index in [1.165, 1.54) is 30.0 Å². The molecule has 1 N–H and O–H groups in total. The third-order valence-corrected chi connectivity index (χ3v) is 4.54. The van der Waals surface area contributed by atoms with Gasteiger partial charge in [0.1, 0.15) is 11.6 Å². The summed E-state index contributed by atoms with van der Waals surface area (Å²) in [5.74, 6) is 0.261. The van der Waals surface area contributed by atoms with Crippen LogP contribution in [-0.2, 0) is 5.75 Å². The average Bonchev–Trinajstić information content (AvgIpc) is 3.30. The van der Waals surface area contributed by atoms with E-state index in [2.05, 4.69) is 20.3 Å². The number of aromatic amines is 1. The summed E-state index contributed by atoms with van der Waals surface area (Å²) < 4.78 is 28.7. The molecule has 0 aliphatic carbocycles. The van der Waals surface area contributed by atoms with Gasteiger partial charge in [0.2, 0.25) is 5.16 Å². The SMILES string of the molecule is Fc1cccc(-n2ccc(CSc3n[nH]c(-c4ccccc4F)n3)n2)c1. The maximum Gasteiger partial charge on any atom is 0.209 e. The number of aromatic nitrogens is 5. The van der Waals surface area contributed by atoms with E-state index >= 15 is 0 Å². The van der Waals surface area contributed by atoms with E-state index in [1.807, 2.05) is 6.07 Å². The minimum Gasteiger partial charge on any atom is -0.258 e. The maximum atomic E-state index is 13.8. The molecular weight excluding hydrogens is 356 g/mol. The first-order chi connectivity index (χ1) is 12.7. The van der Waals surface area contributed by atoms with Gasteiger partial charge in [-0.3, -0.25) is 5.10 Å². The van der Waals surface area contributed by atoms with Crippen molar-refractivity contribution in [2.24, 2.45) is 0 Å². The van der Waals surface area contributed by atoms with Crippen LogP contribution in [0.4, 0.5) is 8.78 Å². The van der Waals surface area contributed by atoms with Gasteiger partial charge in [-0.2, -0.15) is 5.10 Å². The normalized spacial score (nSPS) is 11.0. The lowest BCUT2D eigenvalue weighted by Gasteiger charge is -2.00. The highest BCUT2D eigenvalue weighted by atomic mass is 32.2. The molecule has 5 nitrogen and oxygen atoms in total. The van der Waals surface area contributed by atoms with Crippen molar-refractivity contribution in [1.82, 2.24) is 25.0 Å². The Morgan fingerprint density at radius 2 is 1.92 bits per heavy atom. The molecule has 26 heavy (non-hydrogen) atoms. The molecule has 0 fully saturated rings. The van der Waals surface area contributed by atoms with Gasteiger partial charge >= 0.3 is 0 Å². The first-order valence-electron chi connectivity index (χ1n) is 7.79. The van der Waals surface area contributed by atoms with Crippen molar-refractivity contribution in [2.75, 3.05) is 0 Å². The van der Waals surface area contributed by atoms with Gasteiger partial charge in [0, 0.05) is 11.9 Å². The topological polar surface area (TPSA) is 59.4 Å². The summed E-state index contributed by atoms with van der Waals surface area (Å²) in [5, 5.41) is 11.8. The summed E-state index contributed by atoms with van der Waals surface area (Å²) in [6.45, 7) is 0. The highest BCUT2D eigenvalue weighted by Gasteiger charge is 2.11. The van der Waals surface area contributed by atoms with Crippen LogP contribution in [0.25, 0.3) is 17.1 Å². The van der Waals surface area contributed by atoms with Crippen LogP contribution in [0.3, 0.4) is 0 Å². The predicted molar refractivity (Wildman–Crippen MR) is 94.9 cm³/mol. The lowest BCUT2D eigenvalue weighted by atomic mass is 10.2. The molecule has 0 aliphatic heterocycles. The Bertz CT molecular complexity index is 1040. The molecule has 0 radical (unpaired) electrons. The van der Waals surface area contributed by atoms with E-state index in [4.69, 9.17) is 0 Å². The Kier molecular flexibility index (Phi) is 4.49. The molecule has 130 valence electrons. The van der Waals surface area contributed by atoms with Gasteiger partial charge in [-0.25, -0.2) is 18.4 Å². The molecule has 2 heterocycles. The second-order valence-electron chi connectivity index (χ2n) is 5.47. The van der Waals surface area contributed by atoms with Crippen LogP contribution in [-0.4, -0.2) is 25.0 Å². The van der Waals surface area contributed by atoms with Crippen LogP contribution in [0.15, 0.2) is 66.0 Å². The molecule has 0 saturated carbocycles. The molecule has 4 aromatic rings. The van der Waals surface area contributed by atoms with E-state index in [-0.39, 0.29) is 11.6 Å². The number of hydrogen-bond acceptors (Lipinski definition) is 4. The minimum absolute atomic E-state index is 0.310. The highest BCUT2D eigenvalue weighted by Crippen LogP contribution is 2.23. The largest absolute Gasteiger partial charge is 0.258 e. The first-order valence-corrected chi connectivity index (χ1v) is 8.78. The monoisotopic (exact) mass is 369 g/mol. The van der Waals surface area contributed by atoms with E-state index in [1.54, 1.807) is 41.2 Å². The number of H-pyrrole nitrogens is 1. The Labute approximate surface area is 152 Å². The van der Waals surface area contributed by atoms with Crippen molar-refractivity contribution in [2.45, 2.75) is 10.9 Å². The van der Waals surface area contributed by atoms with Crippen molar-refractivity contribution in [3.8, 4) is 17.1 Å². The Balaban J connectivity index is 1.45. The molecule has 0 spiro atoms. The van der Waals surface area contributed by atoms with E-state index in [9.17, 15) is 8.78 Å². The number of benzene rings is 2. The van der Waals surface area contributed by atoms with E-state index < -0.39 is 0 Å². The zero-order valence-corrected chi connectivity index (χ0v) is 14.3. The number of halogens is 2. The third-order valence-electron chi connectivity index (χ3n) is 3.66. The highest BCUT2D eigenvalue weighted by molar-refractivity contribution is 7.98. The molecule has 2 aromatic carbocycles. The fourth-order valence-corrected chi connectivity index (χ4v) is 3.12. The second-order valence-corrected chi connectivity index (χ2v) is 6.41. The van der Waals surface area contributed by atoms with Gasteiger partial charge in [-0.1, -0.05) is 30.0 Å². The summed E-state index contributed by atoms with van der Waals surface area (Å²) in [4.78, 5) is 4.31. The van der Waals surface area contributed by atoms with Gasteiger partial charge in [-0.15, -0.1) is 5.10 Å². The molecule has 0 bridgehead atoms. The summed E-state index contributed by atoms with van der Waals surface area (Å²) in [6, 6.07) is 14.5. The van der Waals surface area contributed by atoms with Crippen LogP contribution in [0.2, 0.25) is 0 Å². The van der Waals surface area contributed by atoms with Gasteiger partial charge in [0.05, 0.1) is 16.9 Å². The standard InChI is InChI=1S/C18H13F2N5S/c19-12-4-3-5-14(10-12)25-9-8-13(24-25)11-26-18-21-17(22-23-18)15-6-1-2-7-16(15)20/h1-10H,11H2,(H,21,22,23). The maximum absolute atomic E-state index is 13.8. The van der Waals surface area contributed by atoms with Crippen molar-refractivity contribution >= 4 is 11.8 Å². The molecule has 8 heteroatoms.